The molecule has 0 saturated heterocycles. The van der Waals surface area contributed by atoms with E-state index < -0.39 is 31.6 Å². The smallest absolute Gasteiger partial charge is 0.332 e. The Kier molecular flexibility index (Phi) is 11.1. The summed E-state index contributed by atoms with van der Waals surface area (Å²) in [6, 6.07) is 11.1. The van der Waals surface area contributed by atoms with Crippen LogP contribution in [0.15, 0.2) is 53.0 Å². The molecule has 0 aliphatic rings. The molecule has 48 heavy (non-hydrogen) atoms. The maximum atomic E-state index is 13.9. The molecule has 0 fully saturated rings. The monoisotopic (exact) mass is 699 g/mol. The van der Waals surface area contributed by atoms with Crippen molar-refractivity contribution >= 4 is 59.6 Å². The first-order valence-electron chi connectivity index (χ1n) is 15.9. The lowest BCUT2D eigenvalue weighted by Gasteiger charge is -2.29. The number of sulfone groups is 1. The predicted molar refractivity (Wildman–Crippen MR) is 192 cm³/mol. The number of nitrogens with zero attached hydrogens (tertiary/aromatic N) is 2. The molecule has 0 aliphatic heterocycles. The van der Waals surface area contributed by atoms with Crippen molar-refractivity contribution in [2.75, 3.05) is 38.4 Å². The molecule has 0 bridgehead atoms. The van der Waals surface area contributed by atoms with Crippen LogP contribution in [-0.2, 0) is 28.8 Å². The largest absolute Gasteiger partial charge is 0.491 e. The number of hydrogen-bond donors (Lipinski definition) is 1. The van der Waals surface area contributed by atoms with Crippen LogP contribution in [0.5, 0.6) is 5.75 Å². The van der Waals surface area contributed by atoms with E-state index in [-0.39, 0.29) is 29.3 Å². The van der Waals surface area contributed by atoms with Gasteiger partial charge in [-0.25, -0.2) is 18.2 Å². The zero-order chi connectivity index (χ0) is 35.5. The molecule has 0 unspecified atom stereocenters. The van der Waals surface area contributed by atoms with Crippen molar-refractivity contribution in [1.82, 2.24) is 9.97 Å². The minimum absolute atomic E-state index is 0.105. The SMILES string of the molecule is CC(C)(COCC(=O)OC(C)(C)C)COCC(C)(C)COc1cc2nccc(Nc3ccc4scnc4c3)c2cc1S(=O)(=O)C(C)(C)C. The second-order valence-corrected chi connectivity index (χ2v) is 19.2. The molecule has 0 amide bonds. The van der Waals surface area contributed by atoms with Gasteiger partial charge in [0.15, 0.2) is 9.84 Å². The Hall–Kier alpha value is -3.32. The zero-order valence-electron chi connectivity index (χ0n) is 29.7. The van der Waals surface area contributed by atoms with Crippen LogP contribution in [0, 0.1) is 10.8 Å². The van der Waals surface area contributed by atoms with E-state index in [1.807, 2.05) is 78.2 Å². The van der Waals surface area contributed by atoms with Crippen LogP contribution in [0.4, 0.5) is 11.4 Å². The Morgan fingerprint density at radius 1 is 0.812 bits per heavy atom. The van der Waals surface area contributed by atoms with E-state index in [1.165, 1.54) is 0 Å². The Morgan fingerprint density at radius 2 is 1.48 bits per heavy atom. The molecule has 1 N–H and O–H groups in total. The van der Waals surface area contributed by atoms with Crippen LogP contribution in [0.2, 0.25) is 0 Å². The fourth-order valence-electron chi connectivity index (χ4n) is 4.75. The van der Waals surface area contributed by atoms with E-state index in [1.54, 1.807) is 50.4 Å². The number of esters is 1. The number of fused-ring (bicyclic) bond motifs is 2. The lowest BCUT2D eigenvalue weighted by atomic mass is 9.94. The lowest BCUT2D eigenvalue weighted by molar-refractivity contribution is -0.161. The van der Waals surface area contributed by atoms with Crippen molar-refractivity contribution in [3.8, 4) is 5.75 Å². The van der Waals surface area contributed by atoms with Gasteiger partial charge in [0.1, 0.15) is 22.9 Å². The van der Waals surface area contributed by atoms with Gasteiger partial charge in [-0.3, -0.25) is 4.98 Å². The number of benzene rings is 2. The summed E-state index contributed by atoms with van der Waals surface area (Å²) >= 11 is 1.57. The summed E-state index contributed by atoms with van der Waals surface area (Å²) in [6.45, 7) is 19.6. The maximum Gasteiger partial charge on any atom is 0.332 e. The second-order valence-electron chi connectivity index (χ2n) is 15.6. The van der Waals surface area contributed by atoms with Crippen molar-refractivity contribution in [3.05, 3.63) is 48.1 Å². The first-order valence-corrected chi connectivity index (χ1v) is 18.3. The highest BCUT2D eigenvalue weighted by Gasteiger charge is 2.35. The number of carbonyl (C=O) groups excluding carboxylic acids is 1. The molecule has 2 aromatic heterocycles. The topological polar surface area (TPSA) is 126 Å². The molecule has 262 valence electrons. The summed E-state index contributed by atoms with van der Waals surface area (Å²) in [5.41, 5.74) is 3.47. The van der Waals surface area contributed by atoms with E-state index in [2.05, 4.69) is 15.3 Å². The Morgan fingerprint density at radius 3 is 2.15 bits per heavy atom. The van der Waals surface area contributed by atoms with Gasteiger partial charge in [0.25, 0.3) is 0 Å². The fourth-order valence-corrected chi connectivity index (χ4v) is 6.72. The Balaban J connectivity index is 1.48. The molecule has 10 nitrogen and oxygen atoms in total. The minimum atomic E-state index is -3.81. The average molecular weight is 700 g/mol. The number of hydrogen-bond acceptors (Lipinski definition) is 11. The normalized spacial score (nSPS) is 13.2. The molecule has 2 heterocycles. The Labute approximate surface area is 288 Å². The van der Waals surface area contributed by atoms with E-state index in [4.69, 9.17) is 18.9 Å². The summed E-state index contributed by atoms with van der Waals surface area (Å²) in [4.78, 5) is 21.0. The first kappa shape index (κ1) is 37.5. The van der Waals surface area contributed by atoms with Gasteiger partial charge in [0.2, 0.25) is 0 Å². The third-order valence-corrected chi connectivity index (χ3v) is 10.6. The number of thiazole rings is 1. The van der Waals surface area contributed by atoms with E-state index in [9.17, 15) is 13.2 Å². The number of anilines is 2. The molecule has 0 spiro atoms. The molecule has 12 heteroatoms. The quantitative estimate of drug-likeness (QED) is 0.130. The number of pyridine rings is 1. The van der Waals surface area contributed by atoms with Gasteiger partial charge in [-0.1, -0.05) is 27.7 Å². The number of ether oxygens (including phenoxy) is 4. The van der Waals surface area contributed by atoms with E-state index >= 15 is 0 Å². The molecular weight excluding hydrogens is 651 g/mol. The van der Waals surface area contributed by atoms with Gasteiger partial charge in [0, 0.05) is 39.9 Å². The highest BCUT2D eigenvalue weighted by atomic mass is 32.2. The standard InChI is InChI=1S/C36H49N3O7S2/c1-33(2,3)46-32(40)18-43-19-35(7,8)20-44-21-36(9,10)22-45-29-17-27-25(16-31(29)48(41,42)34(4,5)6)26(13-14-37-27)39-24-11-12-30-28(15-24)38-23-47-30/h11-17,23H,18-22H2,1-10H3,(H,37,39). The highest BCUT2D eigenvalue weighted by molar-refractivity contribution is 7.92. The number of carbonyl (C=O) groups is 1. The molecule has 2 aromatic carbocycles. The average Bonchev–Trinajstić information content (AvgIpc) is 3.42. The predicted octanol–water partition coefficient (Wildman–Crippen LogP) is 7.97. The summed E-state index contributed by atoms with van der Waals surface area (Å²) in [5, 5.41) is 4.08. The Bertz CT molecular complexity index is 1850. The van der Waals surface area contributed by atoms with Crippen LogP contribution in [0.25, 0.3) is 21.1 Å². The van der Waals surface area contributed by atoms with Crippen LogP contribution in [0.3, 0.4) is 0 Å². The van der Waals surface area contributed by atoms with Gasteiger partial charge < -0.3 is 24.3 Å². The summed E-state index contributed by atoms with van der Waals surface area (Å²) < 4.78 is 51.1. The van der Waals surface area contributed by atoms with Crippen molar-refractivity contribution < 1.29 is 32.2 Å². The van der Waals surface area contributed by atoms with Gasteiger partial charge in [-0.15, -0.1) is 11.3 Å². The van der Waals surface area contributed by atoms with Gasteiger partial charge >= 0.3 is 5.97 Å². The summed E-state index contributed by atoms with van der Waals surface area (Å²) in [6.07, 6.45) is 1.69. The van der Waals surface area contributed by atoms with Crippen LogP contribution in [-0.4, -0.2) is 67.7 Å². The van der Waals surface area contributed by atoms with Crippen LogP contribution in [0.1, 0.15) is 69.2 Å². The van der Waals surface area contributed by atoms with Gasteiger partial charge in [-0.05, 0) is 71.9 Å². The molecule has 4 aromatic rings. The highest BCUT2D eigenvalue weighted by Crippen LogP contribution is 2.38. The molecule has 0 saturated carbocycles. The van der Waals surface area contributed by atoms with Crippen molar-refractivity contribution in [1.29, 1.82) is 0 Å². The number of nitrogens with one attached hydrogen (secondary N) is 1. The van der Waals surface area contributed by atoms with Crippen molar-refractivity contribution in [3.63, 3.8) is 0 Å². The zero-order valence-corrected chi connectivity index (χ0v) is 31.4. The fraction of sp³-hybridized carbons (Fsp3) is 0.528. The number of aromatic nitrogens is 2. The third kappa shape index (κ3) is 9.87. The van der Waals surface area contributed by atoms with Crippen molar-refractivity contribution in [2.45, 2.75) is 84.5 Å². The number of rotatable bonds is 14. The third-order valence-electron chi connectivity index (χ3n) is 7.25. The molecule has 0 radical (unpaired) electrons. The van der Waals surface area contributed by atoms with E-state index in [0.717, 1.165) is 21.6 Å². The molecule has 0 atom stereocenters. The van der Waals surface area contributed by atoms with Crippen LogP contribution < -0.4 is 10.1 Å². The molecule has 4 rings (SSSR count). The minimum Gasteiger partial charge on any atom is -0.491 e. The molecule has 0 aliphatic carbocycles. The first-order chi connectivity index (χ1) is 22.2. The van der Waals surface area contributed by atoms with Gasteiger partial charge in [-0.2, -0.15) is 0 Å². The summed E-state index contributed by atoms with van der Waals surface area (Å²) in [5.74, 6) is -0.162. The molecular formula is C36H49N3O7S2. The lowest BCUT2D eigenvalue weighted by Crippen LogP contribution is -2.33. The van der Waals surface area contributed by atoms with Gasteiger partial charge in [0.05, 0.1) is 52.4 Å². The maximum absolute atomic E-state index is 13.9. The second kappa shape index (κ2) is 14.3. The van der Waals surface area contributed by atoms with Crippen LogP contribution >= 0.6 is 11.3 Å². The van der Waals surface area contributed by atoms with Crippen molar-refractivity contribution in [2.24, 2.45) is 10.8 Å². The van der Waals surface area contributed by atoms with E-state index in [0.29, 0.717) is 30.7 Å². The summed E-state index contributed by atoms with van der Waals surface area (Å²) in [7, 11) is -3.81.